The zero-order valence-electron chi connectivity index (χ0n) is 20.5. The predicted octanol–water partition coefficient (Wildman–Crippen LogP) is 8.17. The van der Waals surface area contributed by atoms with E-state index in [1.165, 1.54) is 11.6 Å². The fourth-order valence-electron chi connectivity index (χ4n) is 5.19. The Bertz CT molecular complexity index is 1750. The van der Waals surface area contributed by atoms with Crippen molar-refractivity contribution in [3.63, 3.8) is 0 Å². The Balaban J connectivity index is 1.73. The maximum Gasteiger partial charge on any atom is 0.227 e. The summed E-state index contributed by atoms with van der Waals surface area (Å²) in [6.45, 7) is 10.5. The van der Waals surface area contributed by atoms with E-state index in [-0.39, 0.29) is 11.7 Å². The number of imidazole rings is 1. The van der Waals surface area contributed by atoms with E-state index in [2.05, 4.69) is 62.4 Å². The molecule has 0 aliphatic rings. The van der Waals surface area contributed by atoms with Crippen LogP contribution in [0.4, 0.5) is 4.39 Å². The molecule has 6 aromatic rings. The second kappa shape index (κ2) is 7.77. The molecule has 5 heteroatoms. The Hall–Kier alpha value is -3.99. The Kier molecular flexibility index (Phi) is 4.78. The van der Waals surface area contributed by atoms with Gasteiger partial charge in [-0.1, -0.05) is 43.7 Å². The van der Waals surface area contributed by atoms with Crippen molar-refractivity contribution in [2.75, 3.05) is 0 Å². The quantitative estimate of drug-likeness (QED) is 0.266. The minimum Gasteiger partial charge on any atom is -0.437 e. The van der Waals surface area contributed by atoms with Crippen LogP contribution >= 0.6 is 0 Å². The van der Waals surface area contributed by atoms with Gasteiger partial charge in [-0.25, -0.2) is 14.4 Å². The number of para-hydroxylation sites is 2. The number of benzene rings is 3. The monoisotopic (exact) mass is 463 g/mol. The van der Waals surface area contributed by atoms with E-state index in [1.54, 1.807) is 6.07 Å². The van der Waals surface area contributed by atoms with Crippen LogP contribution in [-0.2, 0) is 0 Å². The van der Waals surface area contributed by atoms with Gasteiger partial charge in [-0.15, -0.1) is 0 Å². The molecule has 0 radical (unpaired) electrons. The standard InChI is InChI=1S/C30H26FN3O/c1-16(2)23-13-11-20-26-22(31)12-10-21(28(26)35-30(20)33-23)29-32-24-8-6-7-9-25(24)34(29)27-18(4)14-17(3)15-19(27)5/h6-16H,1-5H3. The first-order valence-electron chi connectivity index (χ1n) is 11.9. The lowest BCUT2D eigenvalue weighted by Gasteiger charge is -2.16. The van der Waals surface area contributed by atoms with E-state index in [4.69, 9.17) is 9.40 Å². The van der Waals surface area contributed by atoms with Crippen LogP contribution in [-0.4, -0.2) is 14.5 Å². The molecule has 0 aliphatic heterocycles. The maximum atomic E-state index is 15.2. The molecule has 174 valence electrons. The summed E-state index contributed by atoms with van der Waals surface area (Å²) >= 11 is 0. The number of hydrogen-bond donors (Lipinski definition) is 0. The van der Waals surface area contributed by atoms with E-state index >= 15 is 4.39 Å². The summed E-state index contributed by atoms with van der Waals surface area (Å²) < 4.78 is 23.6. The average molecular weight is 464 g/mol. The van der Waals surface area contributed by atoms with E-state index < -0.39 is 0 Å². The molecule has 6 rings (SSSR count). The third-order valence-electron chi connectivity index (χ3n) is 6.71. The number of aryl methyl sites for hydroxylation is 3. The van der Waals surface area contributed by atoms with Crippen molar-refractivity contribution in [1.82, 2.24) is 14.5 Å². The van der Waals surface area contributed by atoms with Crippen LogP contribution in [0, 0.1) is 26.6 Å². The molecule has 0 atom stereocenters. The van der Waals surface area contributed by atoms with Gasteiger partial charge in [-0.2, -0.15) is 0 Å². The zero-order chi connectivity index (χ0) is 24.4. The summed E-state index contributed by atoms with van der Waals surface area (Å²) in [5, 5.41) is 1.12. The molecule has 0 unspecified atom stereocenters. The normalized spacial score (nSPS) is 12.0. The molecule has 0 spiro atoms. The summed E-state index contributed by atoms with van der Waals surface area (Å²) in [6, 6.07) is 19.6. The second-order valence-corrected chi connectivity index (χ2v) is 9.65. The first kappa shape index (κ1) is 21.5. The molecule has 4 nitrogen and oxygen atoms in total. The third kappa shape index (κ3) is 3.26. The number of hydrogen-bond acceptors (Lipinski definition) is 3. The van der Waals surface area contributed by atoms with Crippen LogP contribution in [0.5, 0.6) is 0 Å². The fourth-order valence-corrected chi connectivity index (χ4v) is 5.19. The summed E-state index contributed by atoms with van der Waals surface area (Å²) in [5.41, 5.74) is 9.02. The van der Waals surface area contributed by atoms with Crippen molar-refractivity contribution >= 4 is 33.1 Å². The second-order valence-electron chi connectivity index (χ2n) is 9.65. The topological polar surface area (TPSA) is 43.9 Å². The number of pyridine rings is 1. The van der Waals surface area contributed by atoms with Gasteiger partial charge >= 0.3 is 0 Å². The van der Waals surface area contributed by atoms with Crippen LogP contribution < -0.4 is 0 Å². The molecule has 0 saturated carbocycles. The van der Waals surface area contributed by atoms with Crippen LogP contribution in [0.15, 0.2) is 65.1 Å². The van der Waals surface area contributed by atoms with Crippen molar-refractivity contribution < 1.29 is 8.81 Å². The molecule has 0 aliphatic carbocycles. The van der Waals surface area contributed by atoms with Gasteiger partial charge in [0.25, 0.3) is 0 Å². The van der Waals surface area contributed by atoms with Crippen molar-refractivity contribution in [3.8, 4) is 17.1 Å². The smallest absolute Gasteiger partial charge is 0.227 e. The molecule has 0 N–H and O–H groups in total. The van der Waals surface area contributed by atoms with E-state index in [9.17, 15) is 0 Å². The molecule has 0 fully saturated rings. The minimum absolute atomic E-state index is 0.244. The number of nitrogens with zero attached hydrogens (tertiary/aromatic N) is 3. The fraction of sp³-hybridized carbons (Fsp3) is 0.200. The van der Waals surface area contributed by atoms with Gasteiger partial charge in [0.15, 0.2) is 5.58 Å². The summed E-state index contributed by atoms with van der Waals surface area (Å²) in [5.74, 6) is 0.634. The van der Waals surface area contributed by atoms with Crippen LogP contribution in [0.2, 0.25) is 0 Å². The highest BCUT2D eigenvalue weighted by Gasteiger charge is 2.23. The number of rotatable bonds is 3. The minimum atomic E-state index is -0.327. The Morgan fingerprint density at radius 3 is 2.37 bits per heavy atom. The van der Waals surface area contributed by atoms with Crippen molar-refractivity contribution in [1.29, 1.82) is 0 Å². The maximum absolute atomic E-state index is 15.2. The van der Waals surface area contributed by atoms with Crippen molar-refractivity contribution in [2.45, 2.75) is 40.5 Å². The summed E-state index contributed by atoms with van der Waals surface area (Å²) in [7, 11) is 0. The van der Waals surface area contributed by atoms with Gasteiger partial charge in [-0.3, -0.25) is 4.57 Å². The van der Waals surface area contributed by atoms with Crippen molar-refractivity contribution in [3.05, 3.63) is 88.9 Å². The first-order chi connectivity index (χ1) is 16.8. The molecule has 0 amide bonds. The molecule has 3 aromatic heterocycles. The van der Waals surface area contributed by atoms with Gasteiger partial charge in [0.1, 0.15) is 11.6 Å². The molecule has 3 aromatic carbocycles. The summed E-state index contributed by atoms with van der Waals surface area (Å²) in [4.78, 5) is 9.71. The Morgan fingerprint density at radius 1 is 0.886 bits per heavy atom. The highest BCUT2D eigenvalue weighted by atomic mass is 19.1. The third-order valence-corrected chi connectivity index (χ3v) is 6.71. The van der Waals surface area contributed by atoms with E-state index in [0.29, 0.717) is 22.1 Å². The van der Waals surface area contributed by atoms with E-state index in [1.807, 2.05) is 30.3 Å². The number of fused-ring (bicyclic) bond motifs is 4. The lowest BCUT2D eigenvalue weighted by Crippen LogP contribution is -2.03. The van der Waals surface area contributed by atoms with Crippen molar-refractivity contribution in [2.24, 2.45) is 0 Å². The van der Waals surface area contributed by atoms with Gasteiger partial charge in [0.2, 0.25) is 5.71 Å². The van der Waals surface area contributed by atoms with Gasteiger partial charge in [-0.05, 0) is 74.2 Å². The van der Waals surface area contributed by atoms with Crippen LogP contribution in [0.25, 0.3) is 50.2 Å². The Labute approximate surface area is 203 Å². The average Bonchev–Trinajstić information content (AvgIpc) is 3.38. The first-order valence-corrected chi connectivity index (χ1v) is 11.9. The summed E-state index contributed by atoms with van der Waals surface area (Å²) in [6.07, 6.45) is 0. The van der Waals surface area contributed by atoms with E-state index in [0.717, 1.165) is 44.9 Å². The molecular weight excluding hydrogens is 437 g/mol. The highest BCUT2D eigenvalue weighted by Crippen LogP contribution is 2.39. The molecular formula is C30H26FN3O. The molecule has 0 saturated heterocycles. The lowest BCUT2D eigenvalue weighted by molar-refractivity contribution is 0.630. The molecule has 3 heterocycles. The SMILES string of the molecule is Cc1cc(C)c(-n2c(-c3ccc(F)c4c3oc3nc(C(C)C)ccc34)nc3ccccc32)c(C)c1. The number of furan rings is 1. The largest absolute Gasteiger partial charge is 0.437 e. The number of aromatic nitrogens is 3. The molecule has 0 bridgehead atoms. The van der Waals surface area contributed by atoms with Crippen LogP contribution in [0.3, 0.4) is 0 Å². The van der Waals surface area contributed by atoms with Gasteiger partial charge in [0, 0.05) is 5.69 Å². The van der Waals surface area contributed by atoms with Crippen LogP contribution in [0.1, 0.15) is 42.1 Å². The Morgan fingerprint density at radius 2 is 1.63 bits per heavy atom. The van der Waals surface area contributed by atoms with Gasteiger partial charge in [0.05, 0.1) is 33.1 Å². The predicted molar refractivity (Wildman–Crippen MR) is 140 cm³/mol. The van der Waals surface area contributed by atoms with Gasteiger partial charge < -0.3 is 4.42 Å². The zero-order valence-corrected chi connectivity index (χ0v) is 20.5. The lowest BCUT2D eigenvalue weighted by atomic mass is 10.0. The highest BCUT2D eigenvalue weighted by molar-refractivity contribution is 6.09. The molecule has 35 heavy (non-hydrogen) atoms. The number of halogens is 1.